The molecule has 1 amide bonds. The second-order valence-corrected chi connectivity index (χ2v) is 9.77. The number of rotatable bonds is 7. The van der Waals surface area contributed by atoms with Crippen LogP contribution in [0, 0.1) is 0 Å². The molecule has 6 nitrogen and oxygen atoms in total. The summed E-state index contributed by atoms with van der Waals surface area (Å²) in [5.74, 6) is 0.969. The minimum Gasteiger partial charge on any atom is -0.490 e. The molecular weight excluding hydrogens is 388 g/mol. The average molecular weight is 429 g/mol. The van der Waals surface area contributed by atoms with Gasteiger partial charge in [-0.05, 0) is 83.3 Å². The molecular formula is C25H40N4O2. The Hall–Kier alpha value is -1.63. The molecule has 0 atom stereocenters. The summed E-state index contributed by atoms with van der Waals surface area (Å²) in [6, 6.07) is 9.30. The number of amides is 1. The standard InChI is InChI=1S/C25H40N4O2/c1-20(2)28-14-4-13-27(17-18-28)19-25(30)26-21-7-9-23(10-8-21)31-24-11-15-29(16-12-24)22-5-3-6-22/h7-10,20,22,24H,3-6,11-19H2,1-2H3,(H,26,30). The first-order valence-electron chi connectivity index (χ1n) is 12.3. The van der Waals surface area contributed by atoms with Gasteiger partial charge in [0.2, 0.25) is 5.91 Å². The van der Waals surface area contributed by atoms with Crippen LogP contribution < -0.4 is 10.1 Å². The summed E-state index contributed by atoms with van der Waals surface area (Å²) in [5.41, 5.74) is 0.843. The predicted molar refractivity (Wildman–Crippen MR) is 126 cm³/mol. The van der Waals surface area contributed by atoms with Crippen LogP contribution in [-0.2, 0) is 4.79 Å². The van der Waals surface area contributed by atoms with Crippen molar-refractivity contribution in [3.8, 4) is 5.75 Å². The maximum atomic E-state index is 12.5. The van der Waals surface area contributed by atoms with Gasteiger partial charge < -0.3 is 15.0 Å². The molecule has 3 aliphatic rings. The van der Waals surface area contributed by atoms with Gasteiger partial charge in [-0.2, -0.15) is 0 Å². The van der Waals surface area contributed by atoms with Crippen molar-refractivity contribution in [3.05, 3.63) is 24.3 Å². The van der Waals surface area contributed by atoms with Crippen LogP contribution >= 0.6 is 0 Å². The highest BCUT2D eigenvalue weighted by molar-refractivity contribution is 5.92. The summed E-state index contributed by atoms with van der Waals surface area (Å²) in [5, 5.41) is 3.05. The molecule has 1 aromatic carbocycles. The number of carbonyl (C=O) groups is 1. The number of likely N-dealkylation sites (tertiary alicyclic amines) is 1. The van der Waals surface area contributed by atoms with E-state index >= 15 is 0 Å². The first-order chi connectivity index (χ1) is 15.1. The van der Waals surface area contributed by atoms with Gasteiger partial charge in [0, 0.05) is 44.0 Å². The molecule has 1 saturated carbocycles. The molecule has 1 N–H and O–H groups in total. The van der Waals surface area contributed by atoms with E-state index in [2.05, 4.69) is 33.9 Å². The summed E-state index contributed by atoms with van der Waals surface area (Å²) in [6.45, 7) is 11.4. The molecule has 1 aromatic rings. The van der Waals surface area contributed by atoms with Crippen LogP contribution in [0.25, 0.3) is 0 Å². The molecule has 2 aliphatic heterocycles. The lowest BCUT2D eigenvalue weighted by atomic mass is 9.90. The third kappa shape index (κ3) is 6.43. The second kappa shape index (κ2) is 10.8. The van der Waals surface area contributed by atoms with Gasteiger partial charge in [-0.3, -0.25) is 14.6 Å². The van der Waals surface area contributed by atoms with Crippen LogP contribution in [-0.4, -0.2) is 84.6 Å². The van der Waals surface area contributed by atoms with E-state index in [4.69, 9.17) is 4.74 Å². The number of carbonyl (C=O) groups excluding carboxylic acids is 1. The number of ether oxygens (including phenoxy) is 1. The Balaban J connectivity index is 1.18. The van der Waals surface area contributed by atoms with Crippen LogP contribution in [0.1, 0.15) is 52.4 Å². The van der Waals surface area contributed by atoms with E-state index in [9.17, 15) is 4.79 Å². The van der Waals surface area contributed by atoms with E-state index in [1.54, 1.807) is 0 Å². The zero-order chi connectivity index (χ0) is 21.6. The van der Waals surface area contributed by atoms with Crippen LogP contribution in [0.5, 0.6) is 5.75 Å². The van der Waals surface area contributed by atoms with Gasteiger partial charge in [0.15, 0.2) is 0 Å². The molecule has 4 rings (SSSR count). The minimum atomic E-state index is 0.0648. The largest absolute Gasteiger partial charge is 0.490 e. The van der Waals surface area contributed by atoms with E-state index in [0.29, 0.717) is 18.7 Å². The van der Waals surface area contributed by atoms with Crippen molar-refractivity contribution in [2.24, 2.45) is 0 Å². The number of hydrogen-bond donors (Lipinski definition) is 1. The van der Waals surface area contributed by atoms with Gasteiger partial charge in [-0.15, -0.1) is 0 Å². The SMILES string of the molecule is CC(C)N1CCCN(CC(=O)Nc2ccc(OC3CCN(C4CCC4)CC3)cc2)CC1. The summed E-state index contributed by atoms with van der Waals surface area (Å²) < 4.78 is 6.21. The van der Waals surface area contributed by atoms with Crippen LogP contribution in [0.3, 0.4) is 0 Å². The van der Waals surface area contributed by atoms with Crippen LogP contribution in [0.4, 0.5) is 5.69 Å². The number of benzene rings is 1. The highest BCUT2D eigenvalue weighted by Gasteiger charge is 2.29. The molecule has 1 aliphatic carbocycles. The van der Waals surface area contributed by atoms with Crippen molar-refractivity contribution >= 4 is 11.6 Å². The quantitative estimate of drug-likeness (QED) is 0.721. The van der Waals surface area contributed by atoms with Gasteiger partial charge in [-0.1, -0.05) is 6.42 Å². The smallest absolute Gasteiger partial charge is 0.238 e. The van der Waals surface area contributed by atoms with Crippen LogP contribution in [0.15, 0.2) is 24.3 Å². The second-order valence-electron chi connectivity index (χ2n) is 9.77. The molecule has 31 heavy (non-hydrogen) atoms. The molecule has 2 heterocycles. The zero-order valence-electron chi connectivity index (χ0n) is 19.4. The molecule has 0 bridgehead atoms. The lowest BCUT2D eigenvalue weighted by Crippen LogP contribution is -2.46. The molecule has 0 radical (unpaired) electrons. The van der Waals surface area contributed by atoms with Gasteiger partial charge in [0.05, 0.1) is 6.54 Å². The Labute approximate surface area is 187 Å². The molecule has 0 aromatic heterocycles. The minimum absolute atomic E-state index is 0.0648. The lowest BCUT2D eigenvalue weighted by Gasteiger charge is -2.41. The lowest BCUT2D eigenvalue weighted by molar-refractivity contribution is -0.117. The summed E-state index contributed by atoms with van der Waals surface area (Å²) >= 11 is 0. The van der Waals surface area contributed by atoms with E-state index in [1.165, 1.54) is 19.3 Å². The molecule has 3 fully saturated rings. The van der Waals surface area contributed by atoms with E-state index in [0.717, 1.165) is 76.0 Å². The van der Waals surface area contributed by atoms with E-state index < -0.39 is 0 Å². The van der Waals surface area contributed by atoms with Crippen molar-refractivity contribution in [3.63, 3.8) is 0 Å². The number of anilines is 1. The molecule has 2 saturated heterocycles. The van der Waals surface area contributed by atoms with Crippen molar-refractivity contribution in [2.75, 3.05) is 51.1 Å². The maximum Gasteiger partial charge on any atom is 0.238 e. The number of hydrogen-bond acceptors (Lipinski definition) is 5. The molecule has 0 unspecified atom stereocenters. The molecule has 172 valence electrons. The fourth-order valence-electron chi connectivity index (χ4n) is 4.99. The van der Waals surface area contributed by atoms with Gasteiger partial charge in [-0.25, -0.2) is 0 Å². The zero-order valence-corrected chi connectivity index (χ0v) is 19.4. The van der Waals surface area contributed by atoms with Crippen molar-refractivity contribution in [1.29, 1.82) is 0 Å². The van der Waals surface area contributed by atoms with Crippen molar-refractivity contribution in [1.82, 2.24) is 14.7 Å². The van der Waals surface area contributed by atoms with Gasteiger partial charge >= 0.3 is 0 Å². The Bertz CT molecular complexity index is 696. The average Bonchev–Trinajstić information content (AvgIpc) is 2.95. The van der Waals surface area contributed by atoms with Crippen molar-refractivity contribution in [2.45, 2.75) is 70.6 Å². The predicted octanol–water partition coefficient (Wildman–Crippen LogP) is 3.44. The summed E-state index contributed by atoms with van der Waals surface area (Å²) in [4.78, 5) is 19.9. The highest BCUT2D eigenvalue weighted by Crippen LogP contribution is 2.28. The number of piperidine rings is 1. The van der Waals surface area contributed by atoms with Gasteiger partial charge in [0.1, 0.15) is 11.9 Å². The Morgan fingerprint density at radius 3 is 2.35 bits per heavy atom. The van der Waals surface area contributed by atoms with Gasteiger partial charge in [0.25, 0.3) is 0 Å². The number of nitrogens with one attached hydrogen (secondary N) is 1. The fraction of sp³-hybridized carbons (Fsp3) is 0.720. The van der Waals surface area contributed by atoms with Crippen molar-refractivity contribution < 1.29 is 9.53 Å². The first kappa shape index (κ1) is 22.6. The third-order valence-electron chi connectivity index (χ3n) is 7.23. The van der Waals surface area contributed by atoms with Crippen LogP contribution in [0.2, 0.25) is 0 Å². The van der Waals surface area contributed by atoms with E-state index in [1.807, 2.05) is 24.3 Å². The molecule has 0 spiro atoms. The summed E-state index contributed by atoms with van der Waals surface area (Å²) in [6.07, 6.45) is 7.82. The third-order valence-corrected chi connectivity index (χ3v) is 7.23. The summed E-state index contributed by atoms with van der Waals surface area (Å²) in [7, 11) is 0. The van der Waals surface area contributed by atoms with E-state index in [-0.39, 0.29) is 5.91 Å². The Kier molecular flexibility index (Phi) is 7.86. The Morgan fingerprint density at radius 1 is 0.968 bits per heavy atom. The first-order valence-corrected chi connectivity index (χ1v) is 12.3. The Morgan fingerprint density at radius 2 is 1.71 bits per heavy atom. The fourth-order valence-corrected chi connectivity index (χ4v) is 4.99. The maximum absolute atomic E-state index is 12.5. The molecule has 6 heteroatoms. The number of nitrogens with zero attached hydrogens (tertiary/aromatic N) is 3. The normalized spacial score (nSPS) is 22.8. The topological polar surface area (TPSA) is 48.1 Å². The monoisotopic (exact) mass is 428 g/mol. The highest BCUT2D eigenvalue weighted by atomic mass is 16.5.